The third kappa shape index (κ3) is 1.69. The number of halogens is 1. The molecule has 1 saturated heterocycles. The maximum atomic E-state index is 11.0. The zero-order chi connectivity index (χ0) is 9.14. The van der Waals surface area contributed by atoms with Crippen molar-refractivity contribution in [3.63, 3.8) is 0 Å². The molecule has 12 heavy (non-hydrogen) atoms. The molecule has 1 heterocycles. The lowest BCUT2D eigenvalue weighted by Gasteiger charge is -2.07. The Balaban J connectivity index is 2.73. The number of rotatable bonds is 1. The molecule has 2 nitrogen and oxygen atoms in total. The Kier molecular flexibility index (Phi) is 2.93. The molecular weight excluding hydrogens is 176 g/mol. The lowest BCUT2D eigenvalue weighted by Crippen LogP contribution is -2.07. The molecule has 1 fully saturated rings. The molecule has 1 unspecified atom stereocenters. The van der Waals surface area contributed by atoms with Gasteiger partial charge in [0.05, 0.1) is 5.57 Å². The Morgan fingerprint density at radius 2 is 2.42 bits per heavy atom. The lowest BCUT2D eigenvalue weighted by atomic mass is 10.1. The standard InChI is InChI=1S/C9H11ClO2/c1-3-6(2)8-4-7(5-10)9(11)12-8/h3,5,8H,4H2,1-2H3/b6-3+,7-5-. The summed E-state index contributed by atoms with van der Waals surface area (Å²) in [6, 6.07) is 0. The normalized spacial score (nSPS) is 27.9. The first kappa shape index (κ1) is 9.33. The predicted molar refractivity (Wildman–Crippen MR) is 47.9 cm³/mol. The van der Waals surface area contributed by atoms with Gasteiger partial charge in [0.25, 0.3) is 0 Å². The summed E-state index contributed by atoms with van der Waals surface area (Å²) < 4.78 is 5.06. The molecular formula is C9H11ClO2. The SMILES string of the molecule is C/C=C(\C)C1C/C(=C/Cl)C(=O)O1. The van der Waals surface area contributed by atoms with Crippen LogP contribution in [0.2, 0.25) is 0 Å². The van der Waals surface area contributed by atoms with Gasteiger partial charge >= 0.3 is 5.97 Å². The average molecular weight is 187 g/mol. The molecule has 0 spiro atoms. The van der Waals surface area contributed by atoms with Crippen LogP contribution in [-0.2, 0) is 9.53 Å². The summed E-state index contributed by atoms with van der Waals surface area (Å²) in [7, 11) is 0. The van der Waals surface area contributed by atoms with Crippen LogP contribution < -0.4 is 0 Å². The van der Waals surface area contributed by atoms with Gasteiger partial charge in [-0.1, -0.05) is 17.7 Å². The van der Waals surface area contributed by atoms with Crippen LogP contribution in [0.15, 0.2) is 22.8 Å². The number of esters is 1. The van der Waals surface area contributed by atoms with Crippen molar-refractivity contribution < 1.29 is 9.53 Å². The largest absolute Gasteiger partial charge is 0.454 e. The maximum absolute atomic E-state index is 11.0. The second kappa shape index (κ2) is 3.76. The molecule has 0 amide bonds. The number of carbonyl (C=O) groups excluding carboxylic acids is 1. The van der Waals surface area contributed by atoms with Crippen molar-refractivity contribution in [2.45, 2.75) is 26.4 Å². The highest BCUT2D eigenvalue weighted by atomic mass is 35.5. The minimum atomic E-state index is -0.295. The summed E-state index contributed by atoms with van der Waals surface area (Å²) in [4.78, 5) is 11.0. The summed E-state index contributed by atoms with van der Waals surface area (Å²) in [5.74, 6) is -0.295. The highest BCUT2D eigenvalue weighted by Crippen LogP contribution is 2.25. The molecule has 66 valence electrons. The number of allylic oxidation sites excluding steroid dienone is 1. The summed E-state index contributed by atoms with van der Waals surface area (Å²) in [6.45, 7) is 3.86. The van der Waals surface area contributed by atoms with Crippen molar-refractivity contribution in [1.29, 1.82) is 0 Å². The fourth-order valence-electron chi connectivity index (χ4n) is 1.06. The van der Waals surface area contributed by atoms with Crippen molar-refractivity contribution in [1.82, 2.24) is 0 Å². The first-order valence-corrected chi connectivity index (χ1v) is 4.25. The lowest BCUT2D eigenvalue weighted by molar-refractivity contribution is -0.137. The van der Waals surface area contributed by atoms with Gasteiger partial charge in [0.15, 0.2) is 0 Å². The van der Waals surface area contributed by atoms with Crippen LogP contribution in [0, 0.1) is 0 Å². The van der Waals surface area contributed by atoms with E-state index in [-0.39, 0.29) is 12.1 Å². The monoisotopic (exact) mass is 186 g/mol. The molecule has 0 aliphatic carbocycles. The Morgan fingerprint density at radius 3 is 2.83 bits per heavy atom. The summed E-state index contributed by atoms with van der Waals surface area (Å²) in [5.41, 5.74) is 2.92. The van der Waals surface area contributed by atoms with Crippen molar-refractivity contribution in [3.05, 3.63) is 22.8 Å². The van der Waals surface area contributed by atoms with E-state index in [1.807, 2.05) is 19.9 Å². The van der Waals surface area contributed by atoms with Crippen LogP contribution in [0.4, 0.5) is 0 Å². The minimum Gasteiger partial charge on any atom is -0.454 e. The molecule has 0 saturated carbocycles. The van der Waals surface area contributed by atoms with E-state index in [0.29, 0.717) is 12.0 Å². The van der Waals surface area contributed by atoms with E-state index in [4.69, 9.17) is 16.3 Å². The van der Waals surface area contributed by atoms with Crippen molar-refractivity contribution in [2.75, 3.05) is 0 Å². The van der Waals surface area contributed by atoms with E-state index >= 15 is 0 Å². The molecule has 3 heteroatoms. The zero-order valence-corrected chi connectivity index (χ0v) is 7.89. The predicted octanol–water partition coefficient (Wildman–Crippen LogP) is 2.39. The van der Waals surface area contributed by atoms with Gasteiger partial charge in [-0.25, -0.2) is 4.79 Å². The van der Waals surface area contributed by atoms with Gasteiger partial charge in [-0.2, -0.15) is 0 Å². The highest BCUT2D eigenvalue weighted by molar-refractivity contribution is 6.27. The number of hydrogen-bond acceptors (Lipinski definition) is 2. The van der Waals surface area contributed by atoms with Crippen molar-refractivity contribution in [2.24, 2.45) is 0 Å². The number of hydrogen-bond donors (Lipinski definition) is 0. The molecule has 0 aromatic heterocycles. The Hall–Kier alpha value is -0.760. The second-order valence-corrected chi connectivity index (χ2v) is 2.98. The van der Waals surface area contributed by atoms with E-state index in [9.17, 15) is 4.79 Å². The van der Waals surface area contributed by atoms with E-state index in [2.05, 4.69) is 0 Å². The number of cyclic esters (lactones) is 1. The van der Waals surface area contributed by atoms with Crippen molar-refractivity contribution >= 4 is 17.6 Å². The van der Waals surface area contributed by atoms with Gasteiger partial charge in [-0.05, 0) is 19.4 Å². The second-order valence-electron chi connectivity index (χ2n) is 2.77. The third-order valence-corrected chi connectivity index (χ3v) is 2.28. The van der Waals surface area contributed by atoms with Gasteiger partial charge in [-0.3, -0.25) is 0 Å². The zero-order valence-electron chi connectivity index (χ0n) is 7.13. The molecule has 0 aromatic rings. The van der Waals surface area contributed by atoms with E-state index in [1.165, 1.54) is 5.54 Å². The molecule has 0 aromatic carbocycles. The molecule has 1 aliphatic rings. The quantitative estimate of drug-likeness (QED) is 0.357. The molecule has 0 radical (unpaired) electrons. The number of carbonyl (C=O) groups is 1. The maximum Gasteiger partial charge on any atom is 0.335 e. The van der Waals surface area contributed by atoms with Crippen LogP contribution in [0.1, 0.15) is 20.3 Å². The molecule has 1 rings (SSSR count). The molecule has 0 bridgehead atoms. The molecule has 1 atom stereocenters. The highest BCUT2D eigenvalue weighted by Gasteiger charge is 2.29. The van der Waals surface area contributed by atoms with Crippen LogP contribution in [0.3, 0.4) is 0 Å². The summed E-state index contributed by atoms with van der Waals surface area (Å²) >= 11 is 5.43. The van der Waals surface area contributed by atoms with E-state index in [0.717, 1.165) is 5.57 Å². The van der Waals surface area contributed by atoms with Crippen LogP contribution in [-0.4, -0.2) is 12.1 Å². The Bertz CT molecular complexity index is 253. The molecule has 0 N–H and O–H groups in total. The van der Waals surface area contributed by atoms with Gasteiger partial charge < -0.3 is 4.74 Å². The average Bonchev–Trinajstić information content (AvgIpc) is 2.45. The molecule has 1 aliphatic heterocycles. The van der Waals surface area contributed by atoms with Gasteiger partial charge in [-0.15, -0.1) is 0 Å². The third-order valence-electron chi connectivity index (χ3n) is 2.01. The number of ether oxygens (including phenoxy) is 1. The fourth-order valence-corrected chi connectivity index (χ4v) is 1.24. The van der Waals surface area contributed by atoms with Gasteiger partial charge in [0, 0.05) is 12.0 Å². The topological polar surface area (TPSA) is 26.3 Å². The Morgan fingerprint density at radius 1 is 1.75 bits per heavy atom. The van der Waals surface area contributed by atoms with Crippen LogP contribution in [0.5, 0.6) is 0 Å². The Labute approximate surface area is 76.9 Å². The summed E-state index contributed by atoms with van der Waals surface area (Å²) in [6.07, 6.45) is 2.43. The van der Waals surface area contributed by atoms with Crippen LogP contribution >= 0.6 is 11.6 Å². The van der Waals surface area contributed by atoms with Crippen LogP contribution in [0.25, 0.3) is 0 Å². The van der Waals surface area contributed by atoms with Gasteiger partial charge in [0.2, 0.25) is 0 Å². The minimum absolute atomic E-state index is 0.104. The summed E-state index contributed by atoms with van der Waals surface area (Å²) in [5, 5.41) is 0. The smallest absolute Gasteiger partial charge is 0.335 e. The first-order chi connectivity index (χ1) is 5.69. The van der Waals surface area contributed by atoms with E-state index < -0.39 is 0 Å². The van der Waals surface area contributed by atoms with Gasteiger partial charge in [0.1, 0.15) is 6.10 Å². The van der Waals surface area contributed by atoms with E-state index in [1.54, 1.807) is 0 Å². The first-order valence-electron chi connectivity index (χ1n) is 3.82. The fraction of sp³-hybridized carbons (Fsp3) is 0.444. The van der Waals surface area contributed by atoms with Crippen molar-refractivity contribution in [3.8, 4) is 0 Å².